The maximum atomic E-state index is 14.2. The Balaban J connectivity index is 0.000000326. The fourth-order valence-corrected chi connectivity index (χ4v) is 7.11. The molecule has 1 N–H and O–H groups in total. The van der Waals surface area contributed by atoms with Crippen molar-refractivity contribution >= 4 is 62.1 Å². The molecule has 2 aromatic carbocycles. The van der Waals surface area contributed by atoms with Gasteiger partial charge in [0.1, 0.15) is 23.1 Å². The number of carbonyl (C=O) groups excluding carboxylic acids is 4. The number of hydrogen-bond acceptors (Lipinski definition) is 12. The van der Waals surface area contributed by atoms with Crippen molar-refractivity contribution < 1.29 is 47.3 Å². The molecule has 0 aliphatic carbocycles. The number of aromatic nitrogens is 2. The molecule has 0 bridgehead atoms. The Morgan fingerprint density at radius 1 is 0.667 bits per heavy atom. The molecule has 0 amide bonds. The molecule has 57 heavy (non-hydrogen) atoms. The van der Waals surface area contributed by atoms with E-state index in [0.717, 1.165) is 48.4 Å². The topological polar surface area (TPSA) is 142 Å². The molecule has 0 unspecified atom stereocenters. The Morgan fingerprint density at radius 3 is 1.58 bits per heavy atom. The van der Waals surface area contributed by atoms with Crippen molar-refractivity contribution in [2.45, 2.75) is 104 Å². The van der Waals surface area contributed by atoms with E-state index in [0.29, 0.717) is 28.3 Å². The Hall–Kier alpha value is -4.08. The minimum atomic E-state index is -0.598. The number of thiazole rings is 2. The summed E-state index contributed by atoms with van der Waals surface area (Å²) in [6, 6.07) is 9.10. The molecule has 2 heterocycles. The number of halogens is 3. The second-order valence-corrected chi connectivity index (χ2v) is 15.2. The highest BCUT2D eigenvalue weighted by Crippen LogP contribution is 2.21. The van der Waals surface area contributed by atoms with Gasteiger partial charge in [0.05, 0.1) is 19.5 Å². The number of aromatic hydroxyl groups is 1. The van der Waals surface area contributed by atoms with Gasteiger partial charge in [0, 0.05) is 22.9 Å². The number of phenols is 1. The molecule has 10 nitrogen and oxygen atoms in total. The van der Waals surface area contributed by atoms with Crippen LogP contribution in [0.5, 0.6) is 11.5 Å². The number of rotatable bonds is 22. The van der Waals surface area contributed by atoms with Gasteiger partial charge in [-0.05, 0) is 48.9 Å². The maximum Gasteiger partial charge on any atom is 0.357 e. The highest BCUT2D eigenvalue weighted by molar-refractivity contribution is 9.09. The van der Waals surface area contributed by atoms with Gasteiger partial charge in [-0.1, -0.05) is 106 Å². The van der Waals surface area contributed by atoms with Gasteiger partial charge in [-0.2, -0.15) is 0 Å². The average Bonchev–Trinajstić information content (AvgIpc) is 3.92. The third kappa shape index (κ3) is 18.8. The number of carbonyl (C=O) groups is 4. The maximum absolute atomic E-state index is 14.2. The fraction of sp³-hybridized carbons (Fsp3) is 0.476. The van der Waals surface area contributed by atoms with Gasteiger partial charge in [-0.25, -0.2) is 28.3 Å². The number of esters is 2. The first-order chi connectivity index (χ1) is 27.5. The molecule has 0 aliphatic heterocycles. The number of nitrogens with zero attached hydrogens (tertiary/aromatic N) is 2. The summed E-state index contributed by atoms with van der Waals surface area (Å²) in [6.07, 6.45) is 15.7. The molecule has 0 atom stereocenters. The Kier molecular flexibility index (Phi) is 24.4. The summed E-state index contributed by atoms with van der Waals surface area (Å²) in [6.45, 7) is 4.11. The standard InChI is InChI=1S/C21H26FNO4S.C14H21FO.C7H6BrNO3S/c1-3-4-5-6-7-8-9-15-10-11-16(12-17(15)22)27-13-19(24)20-23-18(14-28-20)21(25)26-2;1-2-3-4-5-6-7-8-12-9-10-13(16)11-14(12)15;1-12-7(11)4-3-13-6(9-4)5(10)2-8/h10-12,14H,3-9,13H2,1-2H3;9-11,16H,2-8H2,1H3;3H,2H2,1H3. The quantitative estimate of drug-likeness (QED) is 0.0351. The van der Waals surface area contributed by atoms with Gasteiger partial charge in [-0.3, -0.25) is 9.59 Å². The molecule has 0 fully saturated rings. The zero-order valence-corrected chi connectivity index (χ0v) is 36.3. The predicted octanol–water partition coefficient (Wildman–Crippen LogP) is 11.2. The fourth-order valence-electron chi connectivity index (χ4n) is 5.22. The second-order valence-electron chi connectivity index (χ2n) is 12.9. The van der Waals surface area contributed by atoms with Crippen molar-refractivity contribution in [2.24, 2.45) is 0 Å². The molecule has 2 aromatic heterocycles. The van der Waals surface area contributed by atoms with E-state index in [1.54, 1.807) is 24.3 Å². The first-order valence-corrected chi connectivity index (χ1v) is 21.9. The van der Waals surface area contributed by atoms with Gasteiger partial charge < -0.3 is 19.3 Å². The van der Waals surface area contributed by atoms with Crippen molar-refractivity contribution in [1.29, 1.82) is 0 Å². The zero-order chi connectivity index (χ0) is 42.0. The van der Waals surface area contributed by atoms with E-state index in [1.165, 1.54) is 94.9 Å². The number of phenolic OH excluding ortho intramolecular Hbond substituents is 1. The van der Waals surface area contributed by atoms with Crippen LogP contribution in [0, 0.1) is 11.6 Å². The number of ether oxygens (including phenoxy) is 3. The van der Waals surface area contributed by atoms with Gasteiger partial charge in [0.2, 0.25) is 11.6 Å². The van der Waals surface area contributed by atoms with Crippen LogP contribution >= 0.6 is 38.6 Å². The molecular formula is C42H53BrF2N2O8S2. The minimum Gasteiger partial charge on any atom is -0.508 e. The van der Waals surface area contributed by atoms with Gasteiger partial charge in [-0.15, -0.1) is 22.7 Å². The number of alkyl halides is 1. The van der Waals surface area contributed by atoms with E-state index < -0.39 is 11.9 Å². The van der Waals surface area contributed by atoms with E-state index in [2.05, 4.69) is 49.2 Å². The van der Waals surface area contributed by atoms with Crippen LogP contribution in [-0.4, -0.2) is 64.7 Å². The molecule has 0 spiro atoms. The van der Waals surface area contributed by atoms with Crippen molar-refractivity contribution in [2.75, 3.05) is 26.2 Å². The van der Waals surface area contributed by atoms with Crippen LogP contribution in [-0.2, 0) is 22.3 Å². The van der Waals surface area contributed by atoms with Crippen molar-refractivity contribution in [3.63, 3.8) is 0 Å². The van der Waals surface area contributed by atoms with Crippen LogP contribution in [0.1, 0.15) is 143 Å². The van der Waals surface area contributed by atoms with Crippen LogP contribution < -0.4 is 4.74 Å². The predicted molar refractivity (Wildman–Crippen MR) is 223 cm³/mol. The zero-order valence-electron chi connectivity index (χ0n) is 33.1. The lowest BCUT2D eigenvalue weighted by Gasteiger charge is -2.08. The lowest BCUT2D eigenvalue weighted by Crippen LogP contribution is -2.12. The molecule has 0 saturated heterocycles. The summed E-state index contributed by atoms with van der Waals surface area (Å²) in [4.78, 5) is 53.3. The third-order valence-electron chi connectivity index (χ3n) is 8.43. The first-order valence-electron chi connectivity index (χ1n) is 19.1. The Morgan fingerprint density at radius 2 is 1.12 bits per heavy atom. The lowest BCUT2D eigenvalue weighted by molar-refractivity contribution is 0.0586. The Labute approximate surface area is 350 Å². The minimum absolute atomic E-state index is 0.00388. The van der Waals surface area contributed by atoms with Crippen LogP contribution in [0.25, 0.3) is 0 Å². The Bertz CT molecular complexity index is 1800. The monoisotopic (exact) mass is 894 g/mol. The highest BCUT2D eigenvalue weighted by atomic mass is 79.9. The van der Waals surface area contributed by atoms with Crippen molar-refractivity contribution in [1.82, 2.24) is 9.97 Å². The number of hydrogen-bond donors (Lipinski definition) is 1. The van der Waals surface area contributed by atoms with Crippen LogP contribution in [0.3, 0.4) is 0 Å². The first kappa shape index (κ1) is 49.1. The normalized spacial score (nSPS) is 10.4. The van der Waals surface area contributed by atoms with E-state index >= 15 is 0 Å². The van der Waals surface area contributed by atoms with Gasteiger partial charge >= 0.3 is 11.9 Å². The second kappa shape index (κ2) is 28.3. The molecule has 4 rings (SSSR count). The number of benzene rings is 2. The molecule has 312 valence electrons. The highest BCUT2D eigenvalue weighted by Gasteiger charge is 2.17. The molecule has 15 heteroatoms. The number of ketones is 2. The molecule has 4 aromatic rings. The summed E-state index contributed by atoms with van der Waals surface area (Å²) >= 11 is 5.19. The SMILES string of the molecule is CCCCCCCCc1ccc(O)cc1F.CCCCCCCCc1ccc(OCC(=O)c2nc(C(=O)OC)cs2)cc1F.COC(=O)c1csc(C(=O)CBr)n1. The van der Waals surface area contributed by atoms with Crippen molar-refractivity contribution in [3.8, 4) is 11.5 Å². The molecule has 0 radical (unpaired) electrons. The molecular weight excluding hydrogens is 843 g/mol. The van der Waals surface area contributed by atoms with E-state index in [4.69, 9.17) is 9.84 Å². The molecule has 0 aliphatic rings. The van der Waals surface area contributed by atoms with Crippen LogP contribution in [0.15, 0.2) is 47.2 Å². The number of unbranched alkanes of at least 4 members (excludes halogenated alkanes) is 10. The summed E-state index contributed by atoms with van der Waals surface area (Å²) in [5, 5.41) is 12.7. The smallest absolute Gasteiger partial charge is 0.357 e. The summed E-state index contributed by atoms with van der Waals surface area (Å²) < 4.78 is 41.9. The number of methoxy groups -OCH3 is 2. The summed E-state index contributed by atoms with van der Waals surface area (Å²) in [5.41, 5.74) is 1.64. The lowest BCUT2D eigenvalue weighted by atomic mass is 10.0. The summed E-state index contributed by atoms with van der Waals surface area (Å²) in [7, 11) is 2.52. The van der Waals surface area contributed by atoms with E-state index in [1.807, 2.05) is 0 Å². The van der Waals surface area contributed by atoms with Crippen LogP contribution in [0.2, 0.25) is 0 Å². The van der Waals surface area contributed by atoms with Crippen LogP contribution in [0.4, 0.5) is 8.78 Å². The summed E-state index contributed by atoms with van der Waals surface area (Å²) in [5.74, 6) is -1.94. The van der Waals surface area contributed by atoms with E-state index in [9.17, 15) is 28.0 Å². The third-order valence-corrected chi connectivity index (χ3v) is 10.7. The molecule has 0 saturated carbocycles. The average molecular weight is 896 g/mol. The largest absolute Gasteiger partial charge is 0.508 e. The van der Waals surface area contributed by atoms with Crippen molar-refractivity contribution in [3.05, 3.63) is 91.3 Å². The van der Waals surface area contributed by atoms with Gasteiger partial charge in [0.15, 0.2) is 28.0 Å². The van der Waals surface area contributed by atoms with E-state index in [-0.39, 0.29) is 57.3 Å². The number of aryl methyl sites for hydroxylation is 2. The van der Waals surface area contributed by atoms with Gasteiger partial charge in [0.25, 0.3) is 0 Å². The number of Topliss-reactive ketones (excluding diaryl/α,β-unsaturated/α-hetero) is 2.